The molecule has 146 valence electrons. The summed E-state index contributed by atoms with van der Waals surface area (Å²) >= 11 is 1.91. The summed E-state index contributed by atoms with van der Waals surface area (Å²) in [5, 5.41) is 8.07. The highest BCUT2D eigenvalue weighted by Gasteiger charge is 2.21. The van der Waals surface area contributed by atoms with E-state index < -0.39 is 0 Å². The molecule has 0 amide bonds. The van der Waals surface area contributed by atoms with Gasteiger partial charge in [-0.1, -0.05) is 78.4 Å². The Morgan fingerprint density at radius 2 is 1.23 bits per heavy atom. The number of aryl methyl sites for hydroxylation is 1. The molecule has 0 radical (unpaired) electrons. The first kappa shape index (κ1) is 17.1. The fourth-order valence-electron chi connectivity index (χ4n) is 5.08. The second-order valence-corrected chi connectivity index (χ2v) is 9.31. The number of nitrogens with zero attached hydrogens (tertiary/aromatic N) is 1. The average Bonchev–Trinajstić information content (AvgIpc) is 3.36. The number of rotatable bonds is 1. The summed E-state index contributed by atoms with van der Waals surface area (Å²) in [5.74, 6) is 0. The molecule has 1 nitrogen and oxygen atoms in total. The highest BCUT2D eigenvalue weighted by Crippen LogP contribution is 2.47. The first-order chi connectivity index (χ1) is 15.3. The van der Waals surface area contributed by atoms with Crippen molar-refractivity contribution in [1.82, 2.24) is 4.57 Å². The van der Waals surface area contributed by atoms with Crippen molar-refractivity contribution >= 4 is 64.1 Å². The summed E-state index contributed by atoms with van der Waals surface area (Å²) in [6, 6.07) is 35.5. The first-order valence-electron chi connectivity index (χ1n) is 10.6. The van der Waals surface area contributed by atoms with Crippen LogP contribution < -0.4 is 0 Å². The summed E-state index contributed by atoms with van der Waals surface area (Å²) in [6.07, 6.45) is 0. The van der Waals surface area contributed by atoms with Crippen molar-refractivity contribution in [1.29, 1.82) is 0 Å². The molecule has 2 heteroatoms. The van der Waals surface area contributed by atoms with Crippen LogP contribution in [0.4, 0.5) is 0 Å². The fraction of sp³-hybridized carbons (Fsp3) is 0.0345. The van der Waals surface area contributed by atoms with Crippen molar-refractivity contribution in [3.63, 3.8) is 0 Å². The molecule has 0 aliphatic carbocycles. The third-order valence-corrected chi connectivity index (χ3v) is 7.64. The Hall–Kier alpha value is -3.62. The highest BCUT2D eigenvalue weighted by atomic mass is 32.1. The minimum absolute atomic E-state index is 1.21. The Bertz CT molecular complexity index is 1780. The molecule has 5 aromatic carbocycles. The number of fused-ring (bicyclic) bond motifs is 10. The van der Waals surface area contributed by atoms with Gasteiger partial charge in [0.05, 0.1) is 11.0 Å². The van der Waals surface area contributed by atoms with Crippen molar-refractivity contribution < 1.29 is 0 Å². The van der Waals surface area contributed by atoms with Crippen molar-refractivity contribution in [3.8, 4) is 5.69 Å². The molecule has 31 heavy (non-hydrogen) atoms. The predicted molar refractivity (Wildman–Crippen MR) is 136 cm³/mol. The van der Waals surface area contributed by atoms with Crippen LogP contribution in [0.2, 0.25) is 0 Å². The van der Waals surface area contributed by atoms with Crippen LogP contribution in [0.15, 0.2) is 97.1 Å². The zero-order valence-corrected chi connectivity index (χ0v) is 17.9. The molecule has 0 aliphatic heterocycles. The monoisotopic (exact) mass is 413 g/mol. The van der Waals surface area contributed by atoms with Gasteiger partial charge in [0, 0.05) is 47.4 Å². The van der Waals surface area contributed by atoms with Crippen LogP contribution in [0.3, 0.4) is 0 Å². The van der Waals surface area contributed by atoms with Crippen LogP contribution in [0.1, 0.15) is 5.56 Å². The van der Waals surface area contributed by atoms with Gasteiger partial charge in [0.1, 0.15) is 0 Å². The zero-order valence-electron chi connectivity index (χ0n) is 17.1. The lowest BCUT2D eigenvalue weighted by Gasteiger charge is -2.11. The molecular weight excluding hydrogens is 394 g/mol. The van der Waals surface area contributed by atoms with Crippen LogP contribution >= 0.6 is 11.3 Å². The smallest absolute Gasteiger partial charge is 0.0626 e. The maximum absolute atomic E-state index is 2.46. The van der Waals surface area contributed by atoms with Gasteiger partial charge in [0.15, 0.2) is 0 Å². The molecule has 2 aromatic heterocycles. The van der Waals surface area contributed by atoms with E-state index in [1.807, 2.05) is 11.3 Å². The van der Waals surface area contributed by atoms with Crippen LogP contribution in [-0.2, 0) is 0 Å². The Labute approximate surface area is 183 Å². The summed E-state index contributed by atoms with van der Waals surface area (Å²) < 4.78 is 5.19. The molecule has 7 rings (SSSR count). The summed E-state index contributed by atoms with van der Waals surface area (Å²) in [6.45, 7) is 2.14. The van der Waals surface area contributed by atoms with E-state index in [2.05, 4.69) is 109 Å². The molecule has 0 saturated carbocycles. The van der Waals surface area contributed by atoms with Crippen LogP contribution in [0.25, 0.3) is 58.4 Å². The van der Waals surface area contributed by atoms with Crippen molar-refractivity contribution in [2.75, 3.05) is 0 Å². The maximum Gasteiger partial charge on any atom is 0.0626 e. The second kappa shape index (κ2) is 6.19. The van der Waals surface area contributed by atoms with Gasteiger partial charge >= 0.3 is 0 Å². The SMILES string of the molecule is Cc1ccc(-n2c3ccccc3c3c4c5ccccc5sc4c4ccccc4c32)cc1. The van der Waals surface area contributed by atoms with Crippen molar-refractivity contribution in [2.24, 2.45) is 0 Å². The number of hydrogen-bond donors (Lipinski definition) is 0. The maximum atomic E-state index is 2.46. The molecule has 0 atom stereocenters. The standard InChI is InChI=1S/C29H19NS/c1-18-14-16-19(17-15-18)30-24-12-6-4-10-22(24)26-27-23-11-5-7-13-25(23)31-29(27)21-9-3-2-8-20(21)28(26)30/h2-17H,1H3. The number of hydrogen-bond acceptors (Lipinski definition) is 1. The number of aromatic nitrogens is 1. The summed E-state index contributed by atoms with van der Waals surface area (Å²) in [5.41, 5.74) is 5.05. The number of benzene rings is 5. The van der Waals surface area contributed by atoms with Gasteiger partial charge in [-0.2, -0.15) is 0 Å². The van der Waals surface area contributed by atoms with Gasteiger partial charge in [-0.25, -0.2) is 0 Å². The lowest BCUT2D eigenvalue weighted by atomic mass is 10.00. The first-order valence-corrected chi connectivity index (χ1v) is 11.4. The lowest BCUT2D eigenvalue weighted by Crippen LogP contribution is -1.94. The highest BCUT2D eigenvalue weighted by molar-refractivity contribution is 7.27. The molecule has 0 saturated heterocycles. The Morgan fingerprint density at radius 1 is 0.581 bits per heavy atom. The van der Waals surface area contributed by atoms with E-state index >= 15 is 0 Å². The average molecular weight is 414 g/mol. The molecule has 7 aromatic rings. The third kappa shape index (κ3) is 2.26. The van der Waals surface area contributed by atoms with E-state index in [-0.39, 0.29) is 0 Å². The minimum Gasteiger partial charge on any atom is -0.309 e. The number of thiophene rings is 1. The van der Waals surface area contributed by atoms with E-state index in [1.165, 1.54) is 64.0 Å². The zero-order chi connectivity index (χ0) is 20.5. The molecule has 0 bridgehead atoms. The van der Waals surface area contributed by atoms with Gasteiger partial charge in [0.25, 0.3) is 0 Å². The largest absolute Gasteiger partial charge is 0.309 e. The van der Waals surface area contributed by atoms with E-state index in [1.54, 1.807) is 0 Å². The van der Waals surface area contributed by atoms with E-state index in [0.717, 1.165) is 0 Å². The molecule has 0 fully saturated rings. The summed E-state index contributed by atoms with van der Waals surface area (Å²) in [7, 11) is 0. The lowest BCUT2D eigenvalue weighted by molar-refractivity contribution is 1.18. The Balaban J connectivity index is 1.86. The molecule has 0 N–H and O–H groups in total. The Morgan fingerprint density at radius 3 is 2.03 bits per heavy atom. The molecule has 0 aliphatic rings. The van der Waals surface area contributed by atoms with E-state index in [4.69, 9.17) is 0 Å². The van der Waals surface area contributed by atoms with Gasteiger partial charge in [-0.3, -0.25) is 0 Å². The third-order valence-electron chi connectivity index (χ3n) is 6.44. The fourth-order valence-corrected chi connectivity index (χ4v) is 6.33. The van der Waals surface area contributed by atoms with Crippen LogP contribution in [0, 0.1) is 6.92 Å². The van der Waals surface area contributed by atoms with E-state index in [0.29, 0.717) is 0 Å². The van der Waals surface area contributed by atoms with Gasteiger partial charge in [0.2, 0.25) is 0 Å². The molecule has 0 unspecified atom stereocenters. The van der Waals surface area contributed by atoms with E-state index in [9.17, 15) is 0 Å². The number of para-hydroxylation sites is 1. The van der Waals surface area contributed by atoms with Gasteiger partial charge < -0.3 is 4.57 Å². The van der Waals surface area contributed by atoms with Gasteiger partial charge in [-0.05, 0) is 31.2 Å². The normalized spacial score (nSPS) is 12.0. The molecular formula is C29H19NS. The molecule has 2 heterocycles. The van der Waals surface area contributed by atoms with Crippen LogP contribution in [-0.4, -0.2) is 4.57 Å². The van der Waals surface area contributed by atoms with Crippen LogP contribution in [0.5, 0.6) is 0 Å². The quantitative estimate of drug-likeness (QED) is 0.254. The predicted octanol–water partition coefficient (Wildman–Crippen LogP) is 8.61. The topological polar surface area (TPSA) is 4.93 Å². The molecule has 0 spiro atoms. The minimum atomic E-state index is 1.21. The second-order valence-electron chi connectivity index (χ2n) is 8.26. The van der Waals surface area contributed by atoms with Crippen molar-refractivity contribution in [2.45, 2.75) is 6.92 Å². The van der Waals surface area contributed by atoms with Gasteiger partial charge in [-0.15, -0.1) is 11.3 Å². The van der Waals surface area contributed by atoms with Crippen molar-refractivity contribution in [3.05, 3.63) is 103 Å². The summed E-state index contributed by atoms with van der Waals surface area (Å²) in [4.78, 5) is 0. The Kier molecular flexibility index (Phi) is 3.42.